The minimum Gasteiger partial charge on any atom is -0.314 e. The molecule has 0 unspecified atom stereocenters. The first-order chi connectivity index (χ1) is 16.5. The molecule has 35 heavy (non-hydrogen) atoms. The largest absolute Gasteiger partial charge is 0.417 e. The van der Waals surface area contributed by atoms with Crippen LogP contribution in [0.1, 0.15) is 31.7 Å². The monoisotopic (exact) mass is 491 g/mol. The molecule has 2 N–H and O–H groups in total. The lowest BCUT2D eigenvalue weighted by atomic mass is 9.64. The van der Waals surface area contributed by atoms with Gasteiger partial charge in [0.25, 0.3) is 0 Å². The second-order valence-electron chi connectivity index (χ2n) is 9.55. The minimum absolute atomic E-state index is 0.0670. The molecule has 3 atom stereocenters. The topological polar surface area (TPSA) is 76.6 Å². The zero-order valence-corrected chi connectivity index (χ0v) is 19.2. The lowest BCUT2D eigenvalue weighted by Crippen LogP contribution is -2.75. The van der Waals surface area contributed by atoms with Gasteiger partial charge >= 0.3 is 12.2 Å². The number of hydrazine groups is 2. The Balaban J connectivity index is 1.40. The quantitative estimate of drug-likeness (QED) is 0.624. The fourth-order valence-electron chi connectivity index (χ4n) is 5.60. The zero-order chi connectivity index (χ0) is 25.0. The number of carbonyl (C=O) groups excluding carboxylic acids is 1. The summed E-state index contributed by atoms with van der Waals surface area (Å²) in [6.45, 7) is 2.75. The molecule has 2 amide bonds. The van der Waals surface area contributed by atoms with E-state index in [1.54, 1.807) is 0 Å². The summed E-state index contributed by atoms with van der Waals surface area (Å²) in [5.41, 5.74) is 1.66. The first-order valence-corrected chi connectivity index (χ1v) is 11.3. The molecule has 4 aliphatic rings. The molecule has 1 saturated carbocycles. The molecular formula is C23H25F4N7O. The van der Waals surface area contributed by atoms with Crippen LogP contribution < -0.4 is 10.9 Å². The Bertz CT molecular complexity index is 1160. The molecular weight excluding hydrogens is 466 g/mol. The van der Waals surface area contributed by atoms with E-state index in [0.717, 1.165) is 37.7 Å². The Morgan fingerprint density at radius 2 is 1.97 bits per heavy atom. The maximum absolute atomic E-state index is 13.6. The Morgan fingerprint density at radius 3 is 2.63 bits per heavy atom. The lowest BCUT2D eigenvalue weighted by Gasteiger charge is -2.64. The van der Waals surface area contributed by atoms with Crippen molar-refractivity contribution in [2.24, 2.45) is 5.92 Å². The molecule has 1 aliphatic carbocycles. The molecule has 186 valence electrons. The highest BCUT2D eigenvalue weighted by Crippen LogP contribution is 2.50. The number of fused-ring (bicyclic) bond motifs is 2. The average Bonchev–Trinajstić information content (AvgIpc) is 3.17. The summed E-state index contributed by atoms with van der Waals surface area (Å²) >= 11 is 0. The Labute approximate surface area is 199 Å². The van der Waals surface area contributed by atoms with Crippen molar-refractivity contribution in [2.75, 3.05) is 18.9 Å². The van der Waals surface area contributed by atoms with E-state index in [4.69, 9.17) is 0 Å². The van der Waals surface area contributed by atoms with Crippen molar-refractivity contribution in [3.8, 4) is 11.4 Å². The maximum atomic E-state index is 13.6. The third kappa shape index (κ3) is 4.38. The van der Waals surface area contributed by atoms with Crippen LogP contribution in [0.15, 0.2) is 43.0 Å². The SMILES string of the molecule is C[C@@H]1C[C@H]2C[C@@](CN3C=CN(C)N3)(C1)N2C(=O)Nc1ccc(C(F)(F)F)c(-c2ncc(F)cn2)c1. The molecule has 0 spiro atoms. The summed E-state index contributed by atoms with van der Waals surface area (Å²) in [6.07, 6.45) is 3.29. The van der Waals surface area contributed by atoms with Gasteiger partial charge in [0.1, 0.15) is 0 Å². The smallest absolute Gasteiger partial charge is 0.314 e. The van der Waals surface area contributed by atoms with Crippen LogP contribution in [0.5, 0.6) is 0 Å². The molecule has 6 rings (SSSR count). The molecule has 2 aromatic rings. The zero-order valence-electron chi connectivity index (χ0n) is 19.2. The molecule has 4 heterocycles. The molecule has 3 fully saturated rings. The van der Waals surface area contributed by atoms with Crippen molar-refractivity contribution in [3.05, 3.63) is 54.4 Å². The van der Waals surface area contributed by atoms with E-state index in [9.17, 15) is 22.4 Å². The van der Waals surface area contributed by atoms with E-state index in [1.807, 2.05) is 34.4 Å². The second kappa shape index (κ2) is 8.36. The number of rotatable bonds is 4. The van der Waals surface area contributed by atoms with Gasteiger partial charge in [-0.3, -0.25) is 10.0 Å². The van der Waals surface area contributed by atoms with E-state index in [2.05, 4.69) is 27.7 Å². The number of aromatic nitrogens is 2. The van der Waals surface area contributed by atoms with Gasteiger partial charge in [-0.1, -0.05) is 6.92 Å². The Kier molecular flexibility index (Phi) is 5.58. The van der Waals surface area contributed by atoms with Gasteiger partial charge in [-0.05, 0) is 43.4 Å². The molecule has 0 radical (unpaired) electrons. The number of nitrogens with zero attached hydrogens (tertiary/aromatic N) is 5. The summed E-state index contributed by atoms with van der Waals surface area (Å²) in [4.78, 5) is 22.6. The number of halogens is 4. The number of carbonyl (C=O) groups is 1. The van der Waals surface area contributed by atoms with Gasteiger partial charge in [0, 0.05) is 36.7 Å². The van der Waals surface area contributed by atoms with Crippen LogP contribution in [0, 0.1) is 11.7 Å². The maximum Gasteiger partial charge on any atom is 0.417 e. The predicted molar refractivity (Wildman–Crippen MR) is 120 cm³/mol. The predicted octanol–water partition coefficient (Wildman–Crippen LogP) is 4.21. The highest BCUT2D eigenvalue weighted by Gasteiger charge is 2.58. The van der Waals surface area contributed by atoms with Gasteiger partial charge in [0.05, 0.1) is 30.0 Å². The van der Waals surface area contributed by atoms with E-state index in [-0.39, 0.29) is 34.7 Å². The highest BCUT2D eigenvalue weighted by molar-refractivity contribution is 5.92. The van der Waals surface area contributed by atoms with E-state index < -0.39 is 17.6 Å². The first kappa shape index (κ1) is 23.3. The van der Waals surface area contributed by atoms with Crippen molar-refractivity contribution in [2.45, 2.75) is 43.9 Å². The third-order valence-electron chi connectivity index (χ3n) is 6.77. The van der Waals surface area contributed by atoms with E-state index in [1.165, 1.54) is 12.1 Å². The van der Waals surface area contributed by atoms with Crippen LogP contribution in [-0.2, 0) is 6.18 Å². The second-order valence-corrected chi connectivity index (χ2v) is 9.55. The number of amides is 2. The van der Waals surface area contributed by atoms with E-state index >= 15 is 0 Å². The number of benzene rings is 1. The van der Waals surface area contributed by atoms with Gasteiger partial charge in [-0.15, -0.1) is 5.53 Å². The van der Waals surface area contributed by atoms with Crippen molar-refractivity contribution in [1.82, 2.24) is 30.4 Å². The lowest BCUT2D eigenvalue weighted by molar-refractivity contribution is -0.137. The summed E-state index contributed by atoms with van der Waals surface area (Å²) < 4.78 is 54.1. The fraction of sp³-hybridized carbons (Fsp3) is 0.435. The number of hydrogen-bond acceptors (Lipinski definition) is 6. The van der Waals surface area contributed by atoms with Crippen molar-refractivity contribution < 1.29 is 22.4 Å². The molecule has 2 bridgehead atoms. The van der Waals surface area contributed by atoms with Crippen LogP contribution in [0.4, 0.5) is 28.0 Å². The summed E-state index contributed by atoms with van der Waals surface area (Å²) in [5.74, 6) is -0.587. The highest BCUT2D eigenvalue weighted by atomic mass is 19.4. The third-order valence-corrected chi connectivity index (χ3v) is 6.77. The number of alkyl halides is 3. The number of hydrogen-bond donors (Lipinski definition) is 2. The minimum atomic E-state index is -4.67. The molecule has 8 nitrogen and oxygen atoms in total. The van der Waals surface area contributed by atoms with Crippen LogP contribution in [0.2, 0.25) is 0 Å². The average molecular weight is 491 g/mol. The van der Waals surface area contributed by atoms with Crippen molar-refractivity contribution in [1.29, 1.82) is 0 Å². The molecule has 1 aromatic heterocycles. The molecule has 12 heteroatoms. The van der Waals surface area contributed by atoms with Crippen LogP contribution in [0.25, 0.3) is 11.4 Å². The number of anilines is 1. The summed E-state index contributed by atoms with van der Waals surface area (Å²) in [5, 5.41) is 6.51. The van der Waals surface area contributed by atoms with E-state index in [0.29, 0.717) is 12.5 Å². The number of nitrogens with one attached hydrogen (secondary N) is 2. The van der Waals surface area contributed by atoms with Crippen LogP contribution in [-0.4, -0.2) is 56.1 Å². The summed E-state index contributed by atoms with van der Waals surface area (Å²) in [7, 11) is 1.87. The van der Waals surface area contributed by atoms with Gasteiger partial charge in [0.15, 0.2) is 11.6 Å². The summed E-state index contributed by atoms with van der Waals surface area (Å²) in [6, 6.07) is 2.96. The number of piperidine rings is 1. The Morgan fingerprint density at radius 1 is 1.23 bits per heavy atom. The van der Waals surface area contributed by atoms with Crippen LogP contribution in [0.3, 0.4) is 0 Å². The molecule has 1 aromatic carbocycles. The molecule has 2 saturated heterocycles. The van der Waals surface area contributed by atoms with Crippen molar-refractivity contribution in [3.63, 3.8) is 0 Å². The fourth-order valence-corrected chi connectivity index (χ4v) is 5.60. The van der Waals surface area contributed by atoms with Gasteiger partial charge in [-0.2, -0.15) is 13.2 Å². The molecule has 3 aliphatic heterocycles. The number of urea groups is 1. The normalized spacial score (nSPS) is 25.6. The first-order valence-electron chi connectivity index (χ1n) is 11.3. The Hall–Kier alpha value is -3.41. The van der Waals surface area contributed by atoms with Crippen molar-refractivity contribution >= 4 is 11.7 Å². The van der Waals surface area contributed by atoms with Gasteiger partial charge in [0.2, 0.25) is 0 Å². The van der Waals surface area contributed by atoms with Gasteiger partial charge in [-0.25, -0.2) is 19.2 Å². The standard InChI is InChI=1S/C23H25F4N7O/c1-14-7-17-10-22(9-14,13-33-6-5-32(2)31-33)34(17)21(35)30-16-3-4-19(23(25,26)27)18(8-16)20-28-11-15(24)12-29-20/h3-6,8,11-12,14,17,31H,7,9-10,13H2,1-2H3,(H,30,35)/t14-,17+,22-/m1/s1. The van der Waals surface area contributed by atoms with Crippen LogP contribution >= 0.6 is 0 Å². The van der Waals surface area contributed by atoms with Gasteiger partial charge < -0.3 is 10.2 Å².